The number of aromatic nitrogens is 2. The van der Waals surface area contributed by atoms with E-state index >= 15 is 0 Å². The number of aliphatic hydroxyl groups excluding tert-OH is 1. The van der Waals surface area contributed by atoms with Crippen molar-refractivity contribution in [3.05, 3.63) is 35.7 Å². The number of aliphatic hydroxyl groups is 1. The summed E-state index contributed by atoms with van der Waals surface area (Å²) in [7, 11) is 0. The van der Waals surface area contributed by atoms with Crippen LogP contribution in [0.2, 0.25) is 0 Å². The average molecular weight is 327 g/mol. The monoisotopic (exact) mass is 326 g/mol. The summed E-state index contributed by atoms with van der Waals surface area (Å²) in [4.78, 5) is 15.8. The molecule has 0 unspecified atom stereocenters. The highest BCUT2D eigenvalue weighted by atomic mass is 35.5. The molecule has 0 saturated carbocycles. The van der Waals surface area contributed by atoms with Gasteiger partial charge in [-0.25, -0.2) is 0 Å². The molecule has 1 amide bonds. The van der Waals surface area contributed by atoms with Crippen LogP contribution < -0.4 is 11.1 Å². The van der Waals surface area contributed by atoms with E-state index in [2.05, 4.69) is 15.5 Å². The van der Waals surface area contributed by atoms with Gasteiger partial charge in [0.05, 0.1) is 6.10 Å². The van der Waals surface area contributed by atoms with Gasteiger partial charge in [0, 0.05) is 19.0 Å². The molecule has 2 atom stereocenters. The number of nitrogens with one attached hydrogen (secondary N) is 1. The Balaban J connectivity index is 0.00000242. The molecule has 0 fully saturated rings. The molecule has 0 aliphatic heterocycles. The zero-order chi connectivity index (χ0) is 15.4. The van der Waals surface area contributed by atoms with E-state index in [9.17, 15) is 9.90 Å². The number of nitrogens with two attached hydrogens (primary N) is 1. The maximum absolute atomic E-state index is 11.6. The van der Waals surface area contributed by atoms with E-state index in [1.165, 1.54) is 6.92 Å². The summed E-state index contributed by atoms with van der Waals surface area (Å²) in [5.74, 6) is 0.649. The Bertz CT molecular complexity index is 613. The SMILES string of the molecule is Cc1nc(-c2ccc(CNC(=O)[C@@H](N)[C@@H](C)O)cc2)no1.Cl. The van der Waals surface area contributed by atoms with Crippen LogP contribution in [0.5, 0.6) is 0 Å². The number of hydrogen-bond acceptors (Lipinski definition) is 6. The van der Waals surface area contributed by atoms with Gasteiger partial charge >= 0.3 is 0 Å². The fourth-order valence-corrected chi connectivity index (χ4v) is 1.71. The van der Waals surface area contributed by atoms with E-state index in [1.54, 1.807) is 6.92 Å². The standard InChI is InChI=1S/C14H18N4O3.ClH/c1-8(19)12(15)14(20)16-7-10-3-5-11(6-4-10)13-17-9(2)21-18-13;/h3-6,8,12,19H,7,15H2,1-2H3,(H,16,20);1H/t8-,12+;/m1./s1. The predicted octanol–water partition coefficient (Wildman–Crippen LogP) is 0.791. The van der Waals surface area contributed by atoms with E-state index in [0.29, 0.717) is 18.3 Å². The first-order valence-electron chi connectivity index (χ1n) is 6.58. The minimum atomic E-state index is -0.924. The molecule has 0 aliphatic carbocycles. The van der Waals surface area contributed by atoms with Gasteiger partial charge < -0.3 is 20.7 Å². The second-order valence-corrected chi connectivity index (χ2v) is 4.82. The lowest BCUT2D eigenvalue weighted by atomic mass is 10.1. The van der Waals surface area contributed by atoms with Crippen LogP contribution in [0.1, 0.15) is 18.4 Å². The van der Waals surface area contributed by atoms with Crippen LogP contribution >= 0.6 is 12.4 Å². The third-order valence-corrected chi connectivity index (χ3v) is 3.03. The zero-order valence-corrected chi connectivity index (χ0v) is 13.1. The maximum Gasteiger partial charge on any atom is 0.239 e. The molecular formula is C14H19ClN4O3. The number of aryl methyl sites for hydroxylation is 1. The van der Waals surface area contributed by atoms with Crippen molar-refractivity contribution in [3.8, 4) is 11.4 Å². The number of benzene rings is 1. The molecule has 0 aliphatic rings. The van der Waals surface area contributed by atoms with Crippen LogP contribution in [0.4, 0.5) is 0 Å². The van der Waals surface area contributed by atoms with Gasteiger partial charge in [0.15, 0.2) is 0 Å². The first-order valence-corrected chi connectivity index (χ1v) is 6.58. The molecule has 1 aromatic heterocycles. The molecule has 2 rings (SSSR count). The molecule has 4 N–H and O–H groups in total. The topological polar surface area (TPSA) is 114 Å². The number of nitrogens with zero attached hydrogens (tertiary/aromatic N) is 2. The number of amides is 1. The van der Waals surface area contributed by atoms with Gasteiger partial charge in [-0.3, -0.25) is 4.79 Å². The van der Waals surface area contributed by atoms with Crippen LogP contribution in [0.25, 0.3) is 11.4 Å². The molecule has 2 aromatic rings. The van der Waals surface area contributed by atoms with Crippen LogP contribution in [0.3, 0.4) is 0 Å². The molecule has 22 heavy (non-hydrogen) atoms. The highest BCUT2D eigenvalue weighted by molar-refractivity contribution is 5.85. The normalized spacial score (nSPS) is 13.1. The summed E-state index contributed by atoms with van der Waals surface area (Å²) >= 11 is 0. The zero-order valence-electron chi connectivity index (χ0n) is 12.3. The van der Waals surface area contributed by atoms with Gasteiger partial charge in [0.2, 0.25) is 17.6 Å². The molecule has 120 valence electrons. The Morgan fingerprint density at radius 2 is 2.05 bits per heavy atom. The smallest absolute Gasteiger partial charge is 0.239 e. The lowest BCUT2D eigenvalue weighted by molar-refractivity contribution is -0.124. The summed E-state index contributed by atoms with van der Waals surface area (Å²) in [6.07, 6.45) is -0.881. The fraction of sp³-hybridized carbons (Fsp3) is 0.357. The second kappa shape index (κ2) is 7.88. The Morgan fingerprint density at radius 1 is 1.41 bits per heavy atom. The number of carbonyl (C=O) groups excluding carboxylic acids is 1. The molecule has 0 bridgehead atoms. The van der Waals surface area contributed by atoms with E-state index in [4.69, 9.17) is 10.3 Å². The third kappa shape index (κ3) is 4.52. The Morgan fingerprint density at radius 3 is 2.55 bits per heavy atom. The van der Waals surface area contributed by atoms with Crippen molar-refractivity contribution in [2.24, 2.45) is 5.73 Å². The van der Waals surface area contributed by atoms with Crippen molar-refractivity contribution >= 4 is 18.3 Å². The van der Waals surface area contributed by atoms with Gasteiger partial charge in [-0.05, 0) is 12.5 Å². The third-order valence-electron chi connectivity index (χ3n) is 3.03. The number of rotatable bonds is 5. The fourth-order valence-electron chi connectivity index (χ4n) is 1.71. The van der Waals surface area contributed by atoms with E-state index in [1.807, 2.05) is 24.3 Å². The Kier molecular flexibility index (Phi) is 6.48. The number of hydrogen-bond donors (Lipinski definition) is 3. The Labute approximate surface area is 134 Å². The molecule has 8 heteroatoms. The quantitative estimate of drug-likeness (QED) is 0.748. The molecule has 1 aromatic carbocycles. The van der Waals surface area contributed by atoms with Gasteiger partial charge in [-0.1, -0.05) is 29.4 Å². The predicted molar refractivity (Wildman–Crippen MR) is 83.2 cm³/mol. The van der Waals surface area contributed by atoms with Crippen molar-refractivity contribution in [1.29, 1.82) is 0 Å². The largest absolute Gasteiger partial charge is 0.391 e. The molecule has 0 spiro atoms. The highest BCUT2D eigenvalue weighted by Gasteiger charge is 2.18. The van der Waals surface area contributed by atoms with Gasteiger partial charge in [0.25, 0.3) is 0 Å². The van der Waals surface area contributed by atoms with Crippen LogP contribution in [0, 0.1) is 6.92 Å². The second-order valence-electron chi connectivity index (χ2n) is 4.82. The van der Waals surface area contributed by atoms with E-state index < -0.39 is 12.1 Å². The van der Waals surface area contributed by atoms with Crippen molar-refractivity contribution in [2.45, 2.75) is 32.5 Å². The van der Waals surface area contributed by atoms with Crippen molar-refractivity contribution in [1.82, 2.24) is 15.5 Å². The van der Waals surface area contributed by atoms with Crippen LogP contribution in [-0.4, -0.2) is 33.3 Å². The van der Waals surface area contributed by atoms with Crippen molar-refractivity contribution < 1.29 is 14.4 Å². The minimum Gasteiger partial charge on any atom is -0.391 e. The maximum atomic E-state index is 11.6. The van der Waals surface area contributed by atoms with Crippen LogP contribution in [0.15, 0.2) is 28.8 Å². The van der Waals surface area contributed by atoms with Crippen molar-refractivity contribution in [3.63, 3.8) is 0 Å². The molecule has 1 heterocycles. The first kappa shape index (κ1) is 18.1. The minimum absolute atomic E-state index is 0. The summed E-state index contributed by atoms with van der Waals surface area (Å²) in [6.45, 7) is 3.54. The number of halogens is 1. The molecule has 7 nitrogen and oxygen atoms in total. The summed E-state index contributed by atoms with van der Waals surface area (Å²) < 4.78 is 4.92. The average Bonchev–Trinajstić information content (AvgIpc) is 2.91. The molecule has 0 radical (unpaired) electrons. The van der Waals surface area contributed by atoms with Crippen LogP contribution in [-0.2, 0) is 11.3 Å². The summed E-state index contributed by atoms with van der Waals surface area (Å²) in [6, 6.07) is 6.48. The number of carbonyl (C=O) groups is 1. The summed E-state index contributed by atoms with van der Waals surface area (Å²) in [5, 5.41) is 15.7. The van der Waals surface area contributed by atoms with Gasteiger partial charge in [-0.15, -0.1) is 12.4 Å². The van der Waals surface area contributed by atoms with E-state index in [0.717, 1.165) is 11.1 Å². The van der Waals surface area contributed by atoms with Gasteiger partial charge in [0.1, 0.15) is 6.04 Å². The lowest BCUT2D eigenvalue weighted by Gasteiger charge is -2.14. The lowest BCUT2D eigenvalue weighted by Crippen LogP contribution is -2.46. The highest BCUT2D eigenvalue weighted by Crippen LogP contribution is 2.16. The first-order chi connectivity index (χ1) is 9.97. The van der Waals surface area contributed by atoms with Crippen molar-refractivity contribution in [2.75, 3.05) is 0 Å². The van der Waals surface area contributed by atoms with E-state index in [-0.39, 0.29) is 18.3 Å². The Hall–Kier alpha value is -1.96. The molecular weight excluding hydrogens is 308 g/mol. The molecule has 0 saturated heterocycles. The summed E-state index contributed by atoms with van der Waals surface area (Å²) in [5.41, 5.74) is 7.28. The van der Waals surface area contributed by atoms with Gasteiger partial charge in [-0.2, -0.15) is 4.98 Å².